The van der Waals surface area contributed by atoms with Crippen LogP contribution in [0.2, 0.25) is 0 Å². The molecule has 0 bridgehead atoms. The second-order valence-electron chi connectivity index (χ2n) is 5.98. The fourth-order valence-electron chi connectivity index (χ4n) is 2.99. The van der Waals surface area contributed by atoms with E-state index in [9.17, 15) is 4.79 Å². The molecule has 0 saturated carbocycles. The van der Waals surface area contributed by atoms with Gasteiger partial charge in [-0.3, -0.25) is 9.69 Å². The van der Waals surface area contributed by atoms with Crippen LogP contribution in [-0.2, 0) is 9.53 Å². The lowest BCUT2D eigenvalue weighted by molar-refractivity contribution is -0.140. The Kier molecular flexibility index (Phi) is 5.19. The lowest BCUT2D eigenvalue weighted by atomic mass is 9.93. The highest BCUT2D eigenvalue weighted by atomic mass is 16.5. The zero-order chi connectivity index (χ0) is 13.8. The van der Waals surface area contributed by atoms with Crippen molar-refractivity contribution in [2.24, 2.45) is 11.7 Å². The Balaban J connectivity index is 1.86. The summed E-state index contributed by atoms with van der Waals surface area (Å²) in [5, 5.41) is 0. The maximum atomic E-state index is 12.3. The lowest BCUT2D eigenvalue weighted by Gasteiger charge is -2.39. The quantitative estimate of drug-likeness (QED) is 0.800. The first-order valence-corrected chi connectivity index (χ1v) is 7.43. The predicted molar refractivity (Wildman–Crippen MR) is 74.8 cm³/mol. The summed E-state index contributed by atoms with van der Waals surface area (Å²) in [5.41, 5.74) is 5.76. The summed E-state index contributed by atoms with van der Waals surface area (Å²) >= 11 is 0. The summed E-state index contributed by atoms with van der Waals surface area (Å²) in [6.45, 7) is 8.57. The second-order valence-corrected chi connectivity index (χ2v) is 5.98. The number of morpholine rings is 1. The molecule has 0 aromatic heterocycles. The third-order valence-electron chi connectivity index (χ3n) is 4.37. The van der Waals surface area contributed by atoms with Crippen molar-refractivity contribution in [3.05, 3.63) is 0 Å². The highest BCUT2D eigenvalue weighted by Crippen LogP contribution is 2.21. The third kappa shape index (κ3) is 3.91. The monoisotopic (exact) mass is 269 g/mol. The van der Waals surface area contributed by atoms with Crippen LogP contribution in [0.25, 0.3) is 0 Å². The topological polar surface area (TPSA) is 58.8 Å². The van der Waals surface area contributed by atoms with Crippen LogP contribution in [0, 0.1) is 5.92 Å². The van der Waals surface area contributed by atoms with Gasteiger partial charge in [0.15, 0.2) is 0 Å². The van der Waals surface area contributed by atoms with Crippen molar-refractivity contribution in [3.8, 4) is 0 Å². The van der Waals surface area contributed by atoms with E-state index in [1.165, 1.54) is 6.42 Å². The smallest absolute Gasteiger partial charge is 0.236 e. The Labute approximate surface area is 116 Å². The van der Waals surface area contributed by atoms with E-state index in [1.54, 1.807) is 0 Å². The van der Waals surface area contributed by atoms with Gasteiger partial charge >= 0.3 is 0 Å². The molecule has 3 unspecified atom stereocenters. The number of nitrogens with zero attached hydrogens (tertiary/aromatic N) is 2. The number of hydrogen-bond donors (Lipinski definition) is 1. The summed E-state index contributed by atoms with van der Waals surface area (Å²) in [6.07, 6.45) is 2.50. The Morgan fingerprint density at radius 2 is 2.11 bits per heavy atom. The molecule has 2 heterocycles. The Bertz CT molecular complexity index is 311. The number of likely N-dealkylation sites (tertiary alicyclic amines) is 1. The number of ether oxygens (including phenoxy) is 1. The van der Waals surface area contributed by atoms with Crippen molar-refractivity contribution in [1.82, 2.24) is 9.80 Å². The predicted octanol–water partition coefficient (Wildman–Crippen LogP) is 0.293. The van der Waals surface area contributed by atoms with Gasteiger partial charge < -0.3 is 15.4 Å². The van der Waals surface area contributed by atoms with E-state index in [4.69, 9.17) is 10.5 Å². The van der Waals surface area contributed by atoms with Crippen molar-refractivity contribution in [2.75, 3.05) is 39.3 Å². The van der Waals surface area contributed by atoms with Gasteiger partial charge in [0.25, 0.3) is 0 Å². The van der Waals surface area contributed by atoms with Crippen LogP contribution < -0.4 is 5.73 Å². The van der Waals surface area contributed by atoms with Crippen LogP contribution in [-0.4, -0.2) is 67.2 Å². The fourth-order valence-corrected chi connectivity index (χ4v) is 2.99. The average Bonchev–Trinajstić information content (AvgIpc) is 2.41. The highest BCUT2D eigenvalue weighted by molar-refractivity contribution is 5.78. The number of carbonyl (C=O) groups excluding carboxylic acids is 1. The van der Waals surface area contributed by atoms with Crippen LogP contribution in [0.15, 0.2) is 0 Å². The Morgan fingerprint density at radius 3 is 2.79 bits per heavy atom. The van der Waals surface area contributed by atoms with Crippen molar-refractivity contribution >= 4 is 5.91 Å². The number of piperidine rings is 1. The highest BCUT2D eigenvalue weighted by Gasteiger charge is 2.29. The molecule has 110 valence electrons. The standard InChI is InChI=1S/C14H27N3O2/c1-11-3-4-13(7-15)9-17(11)10-14(18)16-5-6-19-12(2)8-16/h11-13H,3-10,15H2,1-2H3. The molecule has 0 radical (unpaired) electrons. The van der Waals surface area contributed by atoms with Crippen molar-refractivity contribution < 1.29 is 9.53 Å². The molecule has 0 aromatic rings. The number of hydrogen-bond acceptors (Lipinski definition) is 4. The van der Waals surface area contributed by atoms with Crippen molar-refractivity contribution in [2.45, 2.75) is 38.8 Å². The van der Waals surface area contributed by atoms with Gasteiger partial charge in [-0.2, -0.15) is 0 Å². The maximum absolute atomic E-state index is 12.3. The summed E-state index contributed by atoms with van der Waals surface area (Å²) < 4.78 is 5.48. The van der Waals surface area contributed by atoms with E-state index in [0.717, 1.165) is 32.6 Å². The molecular weight excluding hydrogens is 242 g/mol. The molecule has 5 heteroatoms. The minimum absolute atomic E-state index is 0.160. The molecule has 0 spiro atoms. The Morgan fingerprint density at radius 1 is 1.32 bits per heavy atom. The molecular formula is C14H27N3O2. The Hall–Kier alpha value is -0.650. The van der Waals surface area contributed by atoms with Crippen molar-refractivity contribution in [3.63, 3.8) is 0 Å². The summed E-state index contributed by atoms with van der Waals surface area (Å²) in [6, 6.07) is 0.491. The fraction of sp³-hybridized carbons (Fsp3) is 0.929. The van der Waals surface area contributed by atoms with Crippen LogP contribution in [0.5, 0.6) is 0 Å². The minimum atomic E-state index is 0.160. The van der Waals surface area contributed by atoms with Gasteiger partial charge in [-0.05, 0) is 39.2 Å². The molecule has 2 aliphatic rings. The first-order chi connectivity index (χ1) is 9.10. The van der Waals surface area contributed by atoms with Crippen LogP contribution in [0.3, 0.4) is 0 Å². The number of nitrogens with two attached hydrogens (primary N) is 1. The summed E-state index contributed by atoms with van der Waals surface area (Å²) in [5.74, 6) is 0.785. The average molecular weight is 269 g/mol. The van der Waals surface area contributed by atoms with Gasteiger partial charge in [-0.1, -0.05) is 0 Å². The van der Waals surface area contributed by atoms with E-state index in [0.29, 0.717) is 25.1 Å². The molecule has 19 heavy (non-hydrogen) atoms. The van der Waals surface area contributed by atoms with Gasteiger partial charge in [0.05, 0.1) is 19.3 Å². The first kappa shape index (κ1) is 14.8. The SMILES string of the molecule is CC1CN(C(=O)CN2CC(CN)CCC2C)CCO1. The van der Waals surface area contributed by atoms with Gasteiger partial charge in [-0.15, -0.1) is 0 Å². The van der Waals surface area contributed by atoms with Gasteiger partial charge in [0.1, 0.15) is 0 Å². The van der Waals surface area contributed by atoms with E-state index >= 15 is 0 Å². The molecule has 0 aromatic carbocycles. The molecule has 2 aliphatic heterocycles. The van der Waals surface area contributed by atoms with Gasteiger partial charge in [0, 0.05) is 25.7 Å². The molecule has 5 nitrogen and oxygen atoms in total. The summed E-state index contributed by atoms with van der Waals surface area (Å²) in [7, 11) is 0. The third-order valence-corrected chi connectivity index (χ3v) is 4.37. The van der Waals surface area contributed by atoms with Gasteiger partial charge in [-0.25, -0.2) is 0 Å². The summed E-state index contributed by atoms with van der Waals surface area (Å²) in [4.78, 5) is 16.6. The van der Waals surface area contributed by atoms with Crippen LogP contribution >= 0.6 is 0 Å². The van der Waals surface area contributed by atoms with Crippen LogP contribution in [0.4, 0.5) is 0 Å². The number of carbonyl (C=O) groups is 1. The number of amides is 1. The minimum Gasteiger partial charge on any atom is -0.375 e. The lowest BCUT2D eigenvalue weighted by Crippen LogP contribution is -2.52. The van der Waals surface area contributed by atoms with Crippen LogP contribution in [0.1, 0.15) is 26.7 Å². The molecule has 2 N–H and O–H groups in total. The second kappa shape index (κ2) is 6.68. The number of rotatable bonds is 3. The van der Waals surface area contributed by atoms with E-state index in [-0.39, 0.29) is 12.0 Å². The first-order valence-electron chi connectivity index (χ1n) is 7.43. The molecule has 2 saturated heterocycles. The molecule has 2 rings (SSSR count). The van der Waals surface area contributed by atoms with Crippen molar-refractivity contribution in [1.29, 1.82) is 0 Å². The normalized spacial score (nSPS) is 33.4. The molecule has 1 amide bonds. The zero-order valence-electron chi connectivity index (χ0n) is 12.2. The largest absolute Gasteiger partial charge is 0.375 e. The van der Waals surface area contributed by atoms with E-state index in [1.807, 2.05) is 11.8 Å². The molecule has 2 fully saturated rings. The van der Waals surface area contributed by atoms with E-state index in [2.05, 4.69) is 11.8 Å². The van der Waals surface area contributed by atoms with E-state index < -0.39 is 0 Å². The maximum Gasteiger partial charge on any atom is 0.236 e. The zero-order valence-corrected chi connectivity index (χ0v) is 12.2. The van der Waals surface area contributed by atoms with Gasteiger partial charge in [0.2, 0.25) is 5.91 Å². The molecule has 3 atom stereocenters. The molecule has 0 aliphatic carbocycles.